The van der Waals surface area contributed by atoms with Crippen molar-refractivity contribution in [2.45, 2.75) is 44.9 Å². The topological polar surface area (TPSA) is 41.6 Å². The van der Waals surface area contributed by atoms with Crippen LogP contribution in [-0.2, 0) is 9.53 Å². The van der Waals surface area contributed by atoms with Crippen molar-refractivity contribution in [2.24, 2.45) is 11.3 Å². The molecule has 0 bridgehead atoms. The summed E-state index contributed by atoms with van der Waals surface area (Å²) < 4.78 is 5.84. The summed E-state index contributed by atoms with van der Waals surface area (Å²) in [6.45, 7) is 6.05. The van der Waals surface area contributed by atoms with Gasteiger partial charge in [0.2, 0.25) is 5.91 Å². The van der Waals surface area contributed by atoms with Gasteiger partial charge in [-0.05, 0) is 25.0 Å². The molecule has 23 heavy (non-hydrogen) atoms. The highest BCUT2D eigenvalue weighted by molar-refractivity contribution is 6.33. The summed E-state index contributed by atoms with van der Waals surface area (Å²) in [7, 11) is 0. The van der Waals surface area contributed by atoms with Gasteiger partial charge < -0.3 is 15.0 Å². The van der Waals surface area contributed by atoms with Crippen molar-refractivity contribution in [3.05, 3.63) is 29.3 Å². The third-order valence-corrected chi connectivity index (χ3v) is 6.15. The van der Waals surface area contributed by atoms with Crippen molar-refractivity contribution in [3.8, 4) is 0 Å². The number of hydrogen-bond donors (Lipinski definition) is 1. The Morgan fingerprint density at radius 1 is 1.30 bits per heavy atom. The first-order valence-corrected chi connectivity index (χ1v) is 8.81. The minimum Gasteiger partial charge on any atom is -0.377 e. The van der Waals surface area contributed by atoms with E-state index in [4.69, 9.17) is 16.3 Å². The smallest absolute Gasteiger partial charge is 0.244 e. The maximum atomic E-state index is 12.8. The molecule has 2 aliphatic heterocycles. The summed E-state index contributed by atoms with van der Waals surface area (Å²) in [5.74, 6) is 0.684. The van der Waals surface area contributed by atoms with Gasteiger partial charge in [0, 0.05) is 30.5 Å². The van der Waals surface area contributed by atoms with Gasteiger partial charge in [0.15, 0.2) is 0 Å². The van der Waals surface area contributed by atoms with Crippen LogP contribution >= 0.6 is 11.6 Å². The lowest BCUT2D eigenvalue weighted by Gasteiger charge is -2.55. The van der Waals surface area contributed by atoms with E-state index < -0.39 is 0 Å². The molecule has 0 unspecified atom stereocenters. The quantitative estimate of drug-likeness (QED) is 0.924. The fraction of sp³-hybridized carbons (Fsp3) is 0.611. The van der Waals surface area contributed by atoms with Gasteiger partial charge in [0.05, 0.1) is 22.9 Å². The zero-order valence-electron chi connectivity index (χ0n) is 13.6. The average Bonchev–Trinajstić information content (AvgIpc) is 3.11. The second kappa shape index (κ2) is 5.47. The maximum absolute atomic E-state index is 12.8. The van der Waals surface area contributed by atoms with E-state index in [-0.39, 0.29) is 17.4 Å². The molecular formula is C18H23ClN2O2. The number of fused-ring (bicyclic) bond motifs is 1. The Morgan fingerprint density at radius 3 is 2.87 bits per heavy atom. The van der Waals surface area contributed by atoms with Gasteiger partial charge in [-0.15, -0.1) is 0 Å². The van der Waals surface area contributed by atoms with Crippen LogP contribution in [0.4, 0.5) is 5.69 Å². The first-order valence-electron chi connectivity index (χ1n) is 8.43. The molecule has 5 heteroatoms. The first kappa shape index (κ1) is 15.4. The van der Waals surface area contributed by atoms with Crippen molar-refractivity contribution in [3.63, 3.8) is 0 Å². The number of carbonyl (C=O) groups is 1. The third kappa shape index (κ3) is 2.31. The molecule has 4 rings (SSSR count). The molecule has 1 amide bonds. The standard InChI is InChI=1S/C18H23ClN2O2/c1-18(2)15(11-8-10-23-16(11)18)20-13-7-9-21(17(13)22)14-6-4-3-5-12(14)19/h3-6,11,13,15-16,20H,7-10H2,1-2H3/t11-,13+,15+,16+/m0/s1. The van der Waals surface area contributed by atoms with Crippen LogP contribution in [0.15, 0.2) is 24.3 Å². The van der Waals surface area contributed by atoms with Crippen LogP contribution in [0.2, 0.25) is 5.02 Å². The largest absolute Gasteiger partial charge is 0.377 e. The molecule has 1 aromatic carbocycles. The summed E-state index contributed by atoms with van der Waals surface area (Å²) in [4.78, 5) is 14.6. The molecule has 0 aromatic heterocycles. The van der Waals surface area contributed by atoms with E-state index in [0.717, 1.165) is 31.7 Å². The normalized spacial score (nSPS) is 35.3. The zero-order chi connectivity index (χ0) is 16.2. The van der Waals surface area contributed by atoms with Gasteiger partial charge in [-0.25, -0.2) is 0 Å². The molecule has 124 valence electrons. The zero-order valence-corrected chi connectivity index (χ0v) is 14.3. The van der Waals surface area contributed by atoms with Crippen LogP contribution < -0.4 is 10.2 Å². The van der Waals surface area contributed by atoms with Gasteiger partial charge in [0.1, 0.15) is 0 Å². The number of rotatable bonds is 3. The molecule has 3 aliphatic rings. The fourth-order valence-electron chi connectivity index (χ4n) is 4.62. The number of hydrogen-bond acceptors (Lipinski definition) is 3. The van der Waals surface area contributed by atoms with Crippen molar-refractivity contribution in [1.29, 1.82) is 0 Å². The molecule has 4 atom stereocenters. The van der Waals surface area contributed by atoms with E-state index in [1.165, 1.54) is 0 Å². The molecule has 1 saturated carbocycles. The summed E-state index contributed by atoms with van der Waals surface area (Å²) in [6, 6.07) is 7.80. The molecule has 1 aliphatic carbocycles. The lowest BCUT2D eigenvalue weighted by Crippen LogP contribution is -2.68. The number of carbonyl (C=O) groups excluding carboxylic acids is 1. The van der Waals surface area contributed by atoms with Crippen LogP contribution in [0, 0.1) is 11.3 Å². The van der Waals surface area contributed by atoms with E-state index in [1.54, 1.807) is 0 Å². The minimum atomic E-state index is -0.114. The second-order valence-electron chi connectivity index (χ2n) is 7.49. The lowest BCUT2D eigenvalue weighted by molar-refractivity contribution is -0.127. The molecular weight excluding hydrogens is 312 g/mol. The molecule has 4 nitrogen and oxygen atoms in total. The van der Waals surface area contributed by atoms with Crippen molar-refractivity contribution in [1.82, 2.24) is 5.32 Å². The molecule has 0 radical (unpaired) electrons. The first-order chi connectivity index (χ1) is 11.0. The minimum absolute atomic E-state index is 0.0965. The monoisotopic (exact) mass is 334 g/mol. The highest BCUT2D eigenvalue weighted by Gasteiger charge is 2.60. The van der Waals surface area contributed by atoms with Gasteiger partial charge in [0.25, 0.3) is 0 Å². The van der Waals surface area contributed by atoms with Crippen LogP contribution in [0.3, 0.4) is 0 Å². The van der Waals surface area contributed by atoms with Gasteiger partial charge in [-0.2, -0.15) is 0 Å². The summed E-state index contributed by atoms with van der Waals surface area (Å²) >= 11 is 6.25. The van der Waals surface area contributed by atoms with Crippen molar-refractivity contribution in [2.75, 3.05) is 18.1 Å². The number of nitrogens with one attached hydrogen (secondary N) is 1. The number of nitrogens with zero attached hydrogens (tertiary/aromatic N) is 1. The van der Waals surface area contributed by atoms with Crippen molar-refractivity contribution < 1.29 is 9.53 Å². The van der Waals surface area contributed by atoms with Crippen LogP contribution in [-0.4, -0.2) is 37.2 Å². The number of para-hydroxylation sites is 1. The molecule has 3 fully saturated rings. The number of benzene rings is 1. The fourth-order valence-corrected chi connectivity index (χ4v) is 4.86. The van der Waals surface area contributed by atoms with E-state index in [0.29, 0.717) is 23.1 Å². The van der Waals surface area contributed by atoms with Gasteiger partial charge in [-0.1, -0.05) is 37.6 Å². The van der Waals surface area contributed by atoms with E-state index in [9.17, 15) is 4.79 Å². The van der Waals surface area contributed by atoms with Crippen LogP contribution in [0.1, 0.15) is 26.7 Å². The predicted octanol–water partition coefficient (Wildman–Crippen LogP) is 2.85. The van der Waals surface area contributed by atoms with Crippen LogP contribution in [0.25, 0.3) is 0 Å². The second-order valence-corrected chi connectivity index (χ2v) is 7.90. The summed E-state index contributed by atoms with van der Waals surface area (Å²) in [5, 5.41) is 4.27. The maximum Gasteiger partial charge on any atom is 0.244 e. The molecule has 1 aromatic rings. The number of anilines is 1. The highest BCUT2D eigenvalue weighted by Crippen LogP contribution is 2.52. The average molecular weight is 335 g/mol. The van der Waals surface area contributed by atoms with Gasteiger partial charge in [-0.3, -0.25) is 4.79 Å². The Labute approximate surface area is 142 Å². The third-order valence-electron chi connectivity index (χ3n) is 5.83. The molecule has 0 spiro atoms. The number of amides is 1. The van der Waals surface area contributed by atoms with Gasteiger partial charge >= 0.3 is 0 Å². The highest BCUT2D eigenvalue weighted by atomic mass is 35.5. The Bertz CT molecular complexity index is 633. The Balaban J connectivity index is 1.48. The Morgan fingerprint density at radius 2 is 2.09 bits per heavy atom. The number of ether oxygens (including phenoxy) is 1. The van der Waals surface area contributed by atoms with E-state index >= 15 is 0 Å². The van der Waals surface area contributed by atoms with E-state index in [1.807, 2.05) is 29.2 Å². The summed E-state index contributed by atoms with van der Waals surface area (Å²) in [6.07, 6.45) is 2.27. The van der Waals surface area contributed by atoms with Crippen molar-refractivity contribution >= 4 is 23.2 Å². The van der Waals surface area contributed by atoms with Crippen LogP contribution in [0.5, 0.6) is 0 Å². The summed E-state index contributed by atoms with van der Waals surface area (Å²) in [5.41, 5.74) is 0.914. The molecule has 2 saturated heterocycles. The Kier molecular flexibility index (Phi) is 3.67. The lowest BCUT2D eigenvalue weighted by atomic mass is 9.57. The Hall–Kier alpha value is -1.10. The molecule has 2 heterocycles. The predicted molar refractivity (Wildman–Crippen MR) is 90.8 cm³/mol. The van der Waals surface area contributed by atoms with E-state index in [2.05, 4.69) is 19.2 Å². The number of halogens is 1. The molecule has 1 N–H and O–H groups in total. The SMILES string of the molecule is CC1(C)[C@H](N[C@@H]2CCN(c3ccccc3Cl)C2=O)[C@@H]2CCO[C@H]21.